The van der Waals surface area contributed by atoms with Crippen LogP contribution in [0, 0.1) is 0 Å². The lowest BCUT2D eigenvalue weighted by Crippen LogP contribution is -2.64. The summed E-state index contributed by atoms with van der Waals surface area (Å²) in [6.45, 7) is 3.17. The molecule has 1 aliphatic carbocycles. The zero-order valence-electron chi connectivity index (χ0n) is 30.9. The highest BCUT2D eigenvalue weighted by molar-refractivity contribution is 7.47. The Labute approximate surface area is 305 Å². The van der Waals surface area contributed by atoms with Crippen LogP contribution in [-0.2, 0) is 32.7 Å². The molecule has 1 saturated carbocycles. The SMILES string of the molecule is CCCCCCCC/C=C/C/C=C/CCCCC(=O)O[C@H](COC(=O)CCCCCCCCC)COP(=O)(O)OC1C(O)C(O)C(O)[C@@H](O)C1O. The van der Waals surface area contributed by atoms with E-state index in [1.54, 1.807) is 0 Å². The maximum atomic E-state index is 12.7. The molecule has 0 heterocycles. The molecule has 51 heavy (non-hydrogen) atoms. The summed E-state index contributed by atoms with van der Waals surface area (Å²) < 4.78 is 33.2. The number of phosphoric ester groups is 1. The van der Waals surface area contributed by atoms with Crippen LogP contribution in [0.2, 0.25) is 0 Å². The van der Waals surface area contributed by atoms with Crippen molar-refractivity contribution in [2.45, 2.75) is 185 Å². The molecule has 1 fully saturated rings. The fourth-order valence-corrected chi connectivity index (χ4v) is 6.58. The highest BCUT2D eigenvalue weighted by Gasteiger charge is 2.51. The van der Waals surface area contributed by atoms with E-state index in [1.165, 1.54) is 44.9 Å². The molecule has 0 saturated heterocycles. The summed E-state index contributed by atoms with van der Waals surface area (Å²) in [5.41, 5.74) is 0. The summed E-state index contributed by atoms with van der Waals surface area (Å²) >= 11 is 0. The lowest BCUT2D eigenvalue weighted by atomic mass is 9.85. The molecule has 0 aromatic heterocycles. The number of unbranched alkanes of at least 4 members (excludes halogenated alkanes) is 14. The van der Waals surface area contributed by atoms with E-state index in [2.05, 4.69) is 38.2 Å². The van der Waals surface area contributed by atoms with Gasteiger partial charge in [0.1, 0.15) is 43.2 Å². The fraction of sp³-hybridized carbons (Fsp3) is 0.838. The van der Waals surface area contributed by atoms with Gasteiger partial charge in [-0.25, -0.2) is 4.57 Å². The Hall–Kier alpha value is -1.67. The van der Waals surface area contributed by atoms with Crippen LogP contribution >= 0.6 is 7.82 Å². The summed E-state index contributed by atoms with van der Waals surface area (Å²) in [6, 6.07) is 0. The van der Waals surface area contributed by atoms with Crippen LogP contribution in [0.5, 0.6) is 0 Å². The summed E-state index contributed by atoms with van der Waals surface area (Å²) in [7, 11) is -5.11. The van der Waals surface area contributed by atoms with Crippen LogP contribution in [0.25, 0.3) is 0 Å². The number of carbonyl (C=O) groups excluding carboxylic acids is 2. The molecule has 1 aliphatic rings. The first-order chi connectivity index (χ1) is 24.4. The van der Waals surface area contributed by atoms with E-state index in [0.717, 1.165) is 57.8 Å². The van der Waals surface area contributed by atoms with Crippen molar-refractivity contribution in [2.75, 3.05) is 13.2 Å². The van der Waals surface area contributed by atoms with Gasteiger partial charge in [-0.3, -0.25) is 18.6 Å². The highest BCUT2D eigenvalue weighted by Crippen LogP contribution is 2.47. The van der Waals surface area contributed by atoms with E-state index < -0.39 is 75.7 Å². The van der Waals surface area contributed by atoms with Crippen molar-refractivity contribution in [2.24, 2.45) is 0 Å². The smallest absolute Gasteiger partial charge is 0.462 e. The molecule has 14 heteroatoms. The molecular weight excluding hydrogens is 683 g/mol. The number of aliphatic hydroxyl groups is 5. The first-order valence-electron chi connectivity index (χ1n) is 19.1. The van der Waals surface area contributed by atoms with E-state index in [4.69, 9.17) is 18.5 Å². The van der Waals surface area contributed by atoms with Gasteiger partial charge in [0.05, 0.1) is 6.61 Å². The molecule has 0 radical (unpaired) electrons. The van der Waals surface area contributed by atoms with Crippen LogP contribution in [0.3, 0.4) is 0 Å². The zero-order valence-corrected chi connectivity index (χ0v) is 31.8. The topological polar surface area (TPSA) is 210 Å². The van der Waals surface area contributed by atoms with Gasteiger partial charge in [-0.15, -0.1) is 0 Å². The second kappa shape index (κ2) is 28.8. The Balaban J connectivity index is 2.56. The lowest BCUT2D eigenvalue weighted by molar-refractivity contribution is -0.220. The number of esters is 2. The molecule has 1 rings (SSSR count). The van der Waals surface area contributed by atoms with E-state index in [9.17, 15) is 44.6 Å². The molecule has 6 N–H and O–H groups in total. The minimum atomic E-state index is -5.11. The second-order valence-electron chi connectivity index (χ2n) is 13.4. The van der Waals surface area contributed by atoms with Crippen molar-refractivity contribution >= 4 is 19.8 Å². The third kappa shape index (κ3) is 22.2. The average molecular weight is 751 g/mol. The normalized spacial score (nSPS) is 24.2. The van der Waals surface area contributed by atoms with Gasteiger partial charge < -0.3 is 39.9 Å². The van der Waals surface area contributed by atoms with Crippen molar-refractivity contribution in [3.63, 3.8) is 0 Å². The number of carbonyl (C=O) groups is 2. The van der Waals surface area contributed by atoms with Crippen LogP contribution in [0.15, 0.2) is 24.3 Å². The molecule has 0 aromatic carbocycles. The standard InChI is InChI=1S/C37H67O13P/c1-3-5-7-9-11-12-13-14-15-16-17-18-20-22-24-26-31(39)49-29(27-47-30(38)25-23-21-19-10-8-6-4-2)28-48-51(45,46)50-37-35(43)33(41)32(40)34(42)36(37)44/h14-15,17-18,29,32-37,40-44H,3-13,16,19-28H2,1-2H3,(H,45,46)/b15-14+,18-17+/t29-,32?,33-,34?,35?,36?,37?/m1/s1. The average Bonchev–Trinajstić information content (AvgIpc) is 3.10. The van der Waals surface area contributed by atoms with Crippen molar-refractivity contribution in [1.29, 1.82) is 0 Å². The van der Waals surface area contributed by atoms with Crippen molar-refractivity contribution in [3.8, 4) is 0 Å². The quantitative estimate of drug-likeness (QED) is 0.0225. The van der Waals surface area contributed by atoms with Crippen molar-refractivity contribution < 1.29 is 63.1 Å². The summed E-state index contributed by atoms with van der Waals surface area (Å²) in [5.74, 6) is -1.15. The van der Waals surface area contributed by atoms with Crippen molar-refractivity contribution in [3.05, 3.63) is 24.3 Å². The Morgan fingerprint density at radius 2 is 1.06 bits per heavy atom. The second-order valence-corrected chi connectivity index (χ2v) is 14.8. The van der Waals surface area contributed by atoms with Gasteiger partial charge in [0.15, 0.2) is 6.10 Å². The van der Waals surface area contributed by atoms with E-state index >= 15 is 0 Å². The van der Waals surface area contributed by atoms with Gasteiger partial charge in [0, 0.05) is 12.8 Å². The third-order valence-corrected chi connectivity index (χ3v) is 9.78. The zero-order chi connectivity index (χ0) is 37.9. The van der Waals surface area contributed by atoms with Gasteiger partial charge in [-0.05, 0) is 44.9 Å². The molecule has 13 nitrogen and oxygen atoms in total. The van der Waals surface area contributed by atoms with E-state index in [0.29, 0.717) is 12.8 Å². The molecule has 0 spiro atoms. The molecule has 6 unspecified atom stereocenters. The van der Waals surface area contributed by atoms with Crippen LogP contribution in [0.4, 0.5) is 0 Å². The Morgan fingerprint density at radius 1 is 0.608 bits per heavy atom. The van der Waals surface area contributed by atoms with E-state index in [1.807, 2.05) is 0 Å². The van der Waals surface area contributed by atoms with Gasteiger partial charge in [0.2, 0.25) is 0 Å². The summed E-state index contributed by atoms with van der Waals surface area (Å²) in [4.78, 5) is 35.3. The number of ether oxygens (including phenoxy) is 2. The minimum Gasteiger partial charge on any atom is -0.462 e. The maximum Gasteiger partial charge on any atom is 0.472 e. The predicted molar refractivity (Wildman–Crippen MR) is 193 cm³/mol. The summed E-state index contributed by atoms with van der Waals surface area (Å²) in [6.07, 6.45) is 14.3. The third-order valence-electron chi connectivity index (χ3n) is 8.80. The van der Waals surface area contributed by atoms with Crippen LogP contribution in [0.1, 0.15) is 142 Å². The number of rotatable bonds is 30. The highest BCUT2D eigenvalue weighted by atomic mass is 31.2. The lowest BCUT2D eigenvalue weighted by Gasteiger charge is -2.41. The fourth-order valence-electron chi connectivity index (χ4n) is 5.61. The monoisotopic (exact) mass is 750 g/mol. The Bertz CT molecular complexity index is 1010. The molecule has 0 bridgehead atoms. The van der Waals surface area contributed by atoms with Crippen molar-refractivity contribution in [1.82, 2.24) is 0 Å². The Kier molecular flexibility index (Phi) is 26.7. The molecule has 0 aliphatic heterocycles. The Morgan fingerprint density at radius 3 is 1.63 bits per heavy atom. The molecule has 8 atom stereocenters. The summed E-state index contributed by atoms with van der Waals surface area (Å²) in [5, 5.41) is 49.8. The predicted octanol–water partition coefficient (Wildman–Crippen LogP) is 5.72. The van der Waals surface area contributed by atoms with Gasteiger partial charge in [-0.2, -0.15) is 0 Å². The van der Waals surface area contributed by atoms with Gasteiger partial charge >= 0.3 is 19.8 Å². The number of phosphoric acid groups is 1. The molecular formula is C37H67O13P. The maximum absolute atomic E-state index is 12.7. The minimum absolute atomic E-state index is 0.0559. The van der Waals surface area contributed by atoms with Gasteiger partial charge in [0.25, 0.3) is 0 Å². The number of hydrogen-bond acceptors (Lipinski definition) is 12. The first-order valence-corrected chi connectivity index (χ1v) is 20.6. The van der Waals surface area contributed by atoms with Crippen LogP contribution < -0.4 is 0 Å². The molecule has 298 valence electrons. The molecule has 0 aromatic rings. The van der Waals surface area contributed by atoms with Gasteiger partial charge in [-0.1, -0.05) is 109 Å². The molecule has 0 amide bonds. The number of hydrogen-bond donors (Lipinski definition) is 6. The largest absolute Gasteiger partial charge is 0.472 e. The number of allylic oxidation sites excluding steroid dienone is 4. The first kappa shape index (κ1) is 47.4. The van der Waals surface area contributed by atoms with Crippen LogP contribution in [-0.4, -0.2) is 98.3 Å². The number of aliphatic hydroxyl groups excluding tert-OH is 5. The van der Waals surface area contributed by atoms with E-state index in [-0.39, 0.29) is 12.8 Å².